The van der Waals surface area contributed by atoms with Crippen molar-refractivity contribution in [3.63, 3.8) is 0 Å². The van der Waals surface area contributed by atoms with Crippen LogP contribution >= 0.6 is 0 Å². The number of urea groups is 1. The molecule has 0 aromatic heterocycles. The van der Waals surface area contributed by atoms with E-state index in [2.05, 4.69) is 10.6 Å². The highest BCUT2D eigenvalue weighted by molar-refractivity contribution is 5.89. The summed E-state index contributed by atoms with van der Waals surface area (Å²) in [6, 6.07) is 11.8. The minimum absolute atomic E-state index is 0.0585. The summed E-state index contributed by atoms with van der Waals surface area (Å²) in [7, 11) is 0. The van der Waals surface area contributed by atoms with Crippen LogP contribution in [0.25, 0.3) is 0 Å². The zero-order valence-electron chi connectivity index (χ0n) is 11.6. The second-order valence-corrected chi connectivity index (χ2v) is 4.59. The first-order valence-corrected chi connectivity index (χ1v) is 6.67. The van der Waals surface area contributed by atoms with Crippen molar-refractivity contribution in [1.82, 2.24) is 5.32 Å². The van der Waals surface area contributed by atoms with Crippen molar-refractivity contribution in [2.75, 3.05) is 5.32 Å². The van der Waals surface area contributed by atoms with Gasteiger partial charge in [0.25, 0.3) is 0 Å². The number of carbonyl (C=O) groups is 1. The Morgan fingerprint density at radius 1 is 1.14 bits per heavy atom. The van der Waals surface area contributed by atoms with E-state index in [1.807, 2.05) is 37.3 Å². The third-order valence-electron chi connectivity index (χ3n) is 3.09. The summed E-state index contributed by atoms with van der Waals surface area (Å²) < 4.78 is 26.3. The molecule has 0 aliphatic carbocycles. The number of anilines is 1. The van der Waals surface area contributed by atoms with E-state index in [1.54, 1.807) is 0 Å². The summed E-state index contributed by atoms with van der Waals surface area (Å²) in [4.78, 5) is 11.9. The Kier molecular flexibility index (Phi) is 4.87. The molecule has 21 heavy (non-hydrogen) atoms. The lowest BCUT2D eigenvalue weighted by atomic mass is 10.1. The molecule has 2 N–H and O–H groups in total. The molecule has 0 aliphatic rings. The normalized spacial score (nSPS) is 11.8. The Labute approximate surface area is 122 Å². The maximum Gasteiger partial charge on any atom is 0.319 e. The first-order chi connectivity index (χ1) is 10.1. The zero-order valence-corrected chi connectivity index (χ0v) is 11.6. The van der Waals surface area contributed by atoms with Crippen LogP contribution in [0.5, 0.6) is 0 Å². The van der Waals surface area contributed by atoms with Gasteiger partial charge in [0.05, 0.1) is 11.7 Å². The minimum atomic E-state index is -0.807. The van der Waals surface area contributed by atoms with Crippen LogP contribution in [0.2, 0.25) is 0 Å². The highest BCUT2D eigenvalue weighted by Crippen LogP contribution is 2.18. The summed E-state index contributed by atoms with van der Waals surface area (Å²) in [5.74, 6) is -1.49. The third-order valence-corrected chi connectivity index (χ3v) is 3.09. The lowest BCUT2D eigenvalue weighted by molar-refractivity contribution is 0.248. The van der Waals surface area contributed by atoms with Gasteiger partial charge in [0.2, 0.25) is 0 Å². The fourth-order valence-electron chi connectivity index (χ4n) is 2.01. The Hall–Kier alpha value is -2.43. The van der Waals surface area contributed by atoms with Crippen molar-refractivity contribution < 1.29 is 13.6 Å². The van der Waals surface area contributed by atoms with Gasteiger partial charge in [-0.15, -0.1) is 0 Å². The Bertz CT molecular complexity index is 617. The molecule has 2 amide bonds. The molecule has 1 atom stereocenters. The van der Waals surface area contributed by atoms with E-state index in [-0.39, 0.29) is 11.7 Å². The molecular formula is C16H16F2N2O. The molecular weight excluding hydrogens is 274 g/mol. The van der Waals surface area contributed by atoms with Crippen LogP contribution in [0.15, 0.2) is 48.5 Å². The molecule has 0 bridgehead atoms. The van der Waals surface area contributed by atoms with E-state index in [9.17, 15) is 13.6 Å². The number of nitrogens with one attached hydrogen (secondary N) is 2. The van der Waals surface area contributed by atoms with Gasteiger partial charge in [-0.25, -0.2) is 13.6 Å². The fraction of sp³-hybridized carbons (Fsp3) is 0.188. The molecule has 110 valence electrons. The quantitative estimate of drug-likeness (QED) is 0.869. The maximum atomic E-state index is 13.5. The van der Waals surface area contributed by atoms with Gasteiger partial charge in [0.1, 0.15) is 11.6 Å². The molecule has 0 heterocycles. The topological polar surface area (TPSA) is 41.1 Å². The van der Waals surface area contributed by atoms with E-state index in [1.165, 1.54) is 6.07 Å². The predicted molar refractivity (Wildman–Crippen MR) is 78.0 cm³/mol. The van der Waals surface area contributed by atoms with Crippen molar-refractivity contribution in [3.8, 4) is 0 Å². The lowest BCUT2D eigenvalue weighted by Crippen LogP contribution is -2.32. The number of halogens is 2. The van der Waals surface area contributed by atoms with Gasteiger partial charge >= 0.3 is 6.03 Å². The van der Waals surface area contributed by atoms with Gasteiger partial charge in [-0.2, -0.15) is 0 Å². The molecule has 1 unspecified atom stereocenters. The Morgan fingerprint density at radius 3 is 2.48 bits per heavy atom. The SMILES string of the molecule is CCC(NC(=O)Nc1ccc(F)cc1F)c1ccccc1. The van der Waals surface area contributed by atoms with Crippen LogP contribution in [0.1, 0.15) is 24.9 Å². The number of hydrogen-bond acceptors (Lipinski definition) is 1. The monoisotopic (exact) mass is 290 g/mol. The summed E-state index contributed by atoms with van der Waals surface area (Å²) >= 11 is 0. The number of amides is 2. The van der Waals surface area contributed by atoms with Gasteiger partial charge in [-0.05, 0) is 24.1 Å². The average molecular weight is 290 g/mol. The number of rotatable bonds is 4. The highest BCUT2D eigenvalue weighted by Gasteiger charge is 2.13. The first kappa shape index (κ1) is 15.0. The predicted octanol–water partition coefficient (Wildman–Crippen LogP) is 4.24. The van der Waals surface area contributed by atoms with Crippen molar-refractivity contribution >= 4 is 11.7 Å². The Balaban J connectivity index is 2.03. The van der Waals surface area contributed by atoms with E-state index in [0.29, 0.717) is 6.42 Å². The number of carbonyl (C=O) groups excluding carboxylic acids is 1. The van der Waals surface area contributed by atoms with E-state index >= 15 is 0 Å². The summed E-state index contributed by atoms with van der Waals surface area (Å²) in [5.41, 5.74) is 0.909. The molecule has 5 heteroatoms. The Morgan fingerprint density at radius 2 is 1.86 bits per heavy atom. The molecule has 2 aromatic rings. The second kappa shape index (κ2) is 6.83. The van der Waals surface area contributed by atoms with E-state index in [4.69, 9.17) is 0 Å². The summed E-state index contributed by atoms with van der Waals surface area (Å²) in [5, 5.41) is 5.14. The standard InChI is InChI=1S/C16H16F2N2O/c1-2-14(11-6-4-3-5-7-11)19-16(21)20-15-9-8-12(17)10-13(15)18/h3-10,14H,2H2,1H3,(H2,19,20,21). The van der Waals surface area contributed by atoms with Crippen LogP contribution in [0.3, 0.4) is 0 Å². The second-order valence-electron chi connectivity index (χ2n) is 4.59. The molecule has 0 radical (unpaired) electrons. The first-order valence-electron chi connectivity index (χ1n) is 6.67. The van der Waals surface area contributed by atoms with Crippen LogP contribution < -0.4 is 10.6 Å². The summed E-state index contributed by atoms with van der Waals surface area (Å²) in [6.45, 7) is 1.94. The molecule has 0 aliphatic heterocycles. The van der Waals surface area contributed by atoms with Crippen molar-refractivity contribution in [2.45, 2.75) is 19.4 Å². The third kappa shape index (κ3) is 4.02. The molecule has 0 fully saturated rings. The van der Waals surface area contributed by atoms with Crippen molar-refractivity contribution in [1.29, 1.82) is 0 Å². The molecule has 0 spiro atoms. The summed E-state index contributed by atoms with van der Waals surface area (Å²) in [6.07, 6.45) is 0.698. The molecule has 2 aromatic carbocycles. The van der Waals surface area contributed by atoms with Gasteiger partial charge in [-0.1, -0.05) is 37.3 Å². The molecule has 3 nitrogen and oxygen atoms in total. The van der Waals surface area contributed by atoms with Gasteiger partial charge in [0, 0.05) is 6.07 Å². The molecule has 2 rings (SSSR count). The number of hydrogen-bond donors (Lipinski definition) is 2. The number of benzene rings is 2. The minimum Gasteiger partial charge on any atom is -0.331 e. The van der Waals surface area contributed by atoms with Crippen molar-refractivity contribution in [2.24, 2.45) is 0 Å². The average Bonchev–Trinajstić information content (AvgIpc) is 2.48. The van der Waals surface area contributed by atoms with E-state index < -0.39 is 17.7 Å². The van der Waals surface area contributed by atoms with E-state index in [0.717, 1.165) is 17.7 Å². The van der Waals surface area contributed by atoms with Crippen LogP contribution in [0.4, 0.5) is 19.3 Å². The van der Waals surface area contributed by atoms with Gasteiger partial charge in [-0.3, -0.25) is 0 Å². The smallest absolute Gasteiger partial charge is 0.319 e. The lowest BCUT2D eigenvalue weighted by Gasteiger charge is -2.18. The van der Waals surface area contributed by atoms with Crippen LogP contribution in [0, 0.1) is 11.6 Å². The van der Waals surface area contributed by atoms with Crippen LogP contribution in [-0.4, -0.2) is 6.03 Å². The van der Waals surface area contributed by atoms with Crippen molar-refractivity contribution in [3.05, 3.63) is 65.7 Å². The zero-order chi connectivity index (χ0) is 15.2. The largest absolute Gasteiger partial charge is 0.331 e. The van der Waals surface area contributed by atoms with Crippen LogP contribution in [-0.2, 0) is 0 Å². The highest BCUT2D eigenvalue weighted by atomic mass is 19.1. The maximum absolute atomic E-state index is 13.5. The van der Waals surface area contributed by atoms with Gasteiger partial charge in [0.15, 0.2) is 0 Å². The van der Waals surface area contributed by atoms with Gasteiger partial charge < -0.3 is 10.6 Å². The fourth-order valence-corrected chi connectivity index (χ4v) is 2.01. The molecule has 0 saturated heterocycles. The molecule has 0 saturated carbocycles.